The minimum Gasteiger partial charge on any atom is -0.493 e. The first kappa shape index (κ1) is 14.7. The molecule has 1 aromatic heterocycles. The molecule has 0 saturated heterocycles. The number of nitrogens with one attached hydrogen (secondary N) is 1. The van der Waals surface area contributed by atoms with Crippen LogP contribution in [0.15, 0.2) is 33.2 Å². The van der Waals surface area contributed by atoms with Crippen molar-refractivity contribution in [1.82, 2.24) is 5.32 Å². The monoisotopic (exact) mass is 349 g/mol. The first-order valence-corrected chi connectivity index (χ1v) is 8.23. The average molecular weight is 350 g/mol. The molecule has 0 bridgehead atoms. The van der Waals surface area contributed by atoms with Crippen molar-refractivity contribution in [2.45, 2.75) is 32.7 Å². The highest BCUT2D eigenvalue weighted by Crippen LogP contribution is 2.39. The molecule has 0 fully saturated rings. The molecular formula is C17H20BrNO2. The summed E-state index contributed by atoms with van der Waals surface area (Å²) in [5.74, 6) is 2.89. The minimum atomic E-state index is 0.0306. The minimum absolute atomic E-state index is 0.0306. The standard InChI is InChI=1S/C17H20BrNO2/c1-3-7-19-16(15-5-4-11(2)21-15)14-10-13(18)9-12-6-8-20-17(12)14/h4-5,9-10,16,19H,3,6-8H2,1-2H3. The van der Waals surface area contributed by atoms with Gasteiger partial charge in [-0.3, -0.25) is 0 Å². The van der Waals surface area contributed by atoms with Crippen LogP contribution in [0.2, 0.25) is 0 Å². The van der Waals surface area contributed by atoms with Crippen LogP contribution < -0.4 is 10.1 Å². The second kappa shape index (κ2) is 6.24. The fraction of sp³-hybridized carbons (Fsp3) is 0.412. The molecule has 0 radical (unpaired) electrons. The Morgan fingerprint density at radius 1 is 1.33 bits per heavy atom. The Morgan fingerprint density at radius 3 is 2.90 bits per heavy atom. The number of hydrogen-bond acceptors (Lipinski definition) is 3. The van der Waals surface area contributed by atoms with Crippen LogP contribution in [0.4, 0.5) is 0 Å². The van der Waals surface area contributed by atoms with E-state index in [0.29, 0.717) is 0 Å². The third kappa shape index (κ3) is 3.01. The maximum Gasteiger partial charge on any atom is 0.127 e. The van der Waals surface area contributed by atoms with Gasteiger partial charge in [-0.2, -0.15) is 0 Å². The highest BCUT2D eigenvalue weighted by Gasteiger charge is 2.26. The first-order valence-electron chi connectivity index (χ1n) is 7.44. The van der Waals surface area contributed by atoms with Crippen molar-refractivity contribution < 1.29 is 9.15 Å². The third-order valence-electron chi connectivity index (χ3n) is 3.73. The molecule has 0 amide bonds. The summed E-state index contributed by atoms with van der Waals surface area (Å²) < 4.78 is 12.8. The lowest BCUT2D eigenvalue weighted by Gasteiger charge is -2.20. The summed E-state index contributed by atoms with van der Waals surface area (Å²) in [6, 6.07) is 8.37. The smallest absolute Gasteiger partial charge is 0.127 e. The lowest BCUT2D eigenvalue weighted by atomic mass is 10.00. The maximum absolute atomic E-state index is 5.87. The zero-order valence-electron chi connectivity index (χ0n) is 12.4. The van der Waals surface area contributed by atoms with Crippen LogP contribution >= 0.6 is 15.9 Å². The summed E-state index contributed by atoms with van der Waals surface area (Å²) >= 11 is 3.62. The maximum atomic E-state index is 5.87. The van der Waals surface area contributed by atoms with Gasteiger partial charge in [-0.1, -0.05) is 22.9 Å². The lowest BCUT2D eigenvalue weighted by Crippen LogP contribution is -2.23. The molecule has 1 N–H and O–H groups in total. The molecule has 4 heteroatoms. The van der Waals surface area contributed by atoms with E-state index in [1.54, 1.807) is 0 Å². The number of halogens is 1. The van der Waals surface area contributed by atoms with Crippen LogP contribution in [0.25, 0.3) is 0 Å². The van der Waals surface area contributed by atoms with Crippen molar-refractivity contribution >= 4 is 15.9 Å². The van der Waals surface area contributed by atoms with Crippen LogP contribution in [0.1, 0.15) is 42.0 Å². The molecule has 1 unspecified atom stereocenters. The highest BCUT2D eigenvalue weighted by molar-refractivity contribution is 9.10. The van der Waals surface area contributed by atoms with E-state index in [-0.39, 0.29) is 6.04 Å². The SMILES string of the molecule is CCCNC(c1ccc(C)o1)c1cc(Br)cc2c1OCC2. The van der Waals surface area contributed by atoms with Crippen LogP contribution in [0.3, 0.4) is 0 Å². The van der Waals surface area contributed by atoms with Crippen molar-refractivity contribution in [3.05, 3.63) is 51.4 Å². The number of fused-ring (bicyclic) bond motifs is 1. The summed E-state index contributed by atoms with van der Waals surface area (Å²) in [5, 5.41) is 3.58. The molecule has 112 valence electrons. The molecule has 0 saturated carbocycles. The van der Waals surface area contributed by atoms with Gasteiger partial charge in [0.15, 0.2) is 0 Å². The second-order valence-corrected chi connectivity index (χ2v) is 6.33. The molecule has 3 nitrogen and oxygen atoms in total. The Kier molecular flexibility index (Phi) is 4.36. The topological polar surface area (TPSA) is 34.4 Å². The van der Waals surface area contributed by atoms with Gasteiger partial charge in [0.25, 0.3) is 0 Å². The van der Waals surface area contributed by atoms with Crippen LogP contribution in [0, 0.1) is 6.92 Å². The quantitative estimate of drug-likeness (QED) is 0.869. The predicted molar refractivity (Wildman–Crippen MR) is 86.9 cm³/mol. The lowest BCUT2D eigenvalue weighted by molar-refractivity contribution is 0.346. The number of rotatable bonds is 5. The van der Waals surface area contributed by atoms with Gasteiger partial charge in [-0.25, -0.2) is 0 Å². The van der Waals surface area contributed by atoms with E-state index in [1.165, 1.54) is 5.56 Å². The summed E-state index contributed by atoms with van der Waals surface area (Å²) in [6.45, 7) is 5.84. The predicted octanol–water partition coefficient (Wildman–Crippen LogP) is 4.37. The van der Waals surface area contributed by atoms with Crippen LogP contribution in [-0.4, -0.2) is 13.2 Å². The molecule has 2 aromatic rings. The number of aryl methyl sites for hydroxylation is 1. The summed E-state index contributed by atoms with van der Waals surface area (Å²) in [6.07, 6.45) is 2.05. The summed E-state index contributed by atoms with van der Waals surface area (Å²) in [5.41, 5.74) is 2.42. The molecule has 21 heavy (non-hydrogen) atoms. The van der Waals surface area contributed by atoms with Crippen molar-refractivity contribution in [1.29, 1.82) is 0 Å². The van der Waals surface area contributed by atoms with Gasteiger partial charge in [-0.15, -0.1) is 0 Å². The Hall–Kier alpha value is -1.26. The van der Waals surface area contributed by atoms with E-state index in [0.717, 1.165) is 53.3 Å². The van der Waals surface area contributed by atoms with Gasteiger partial charge in [0.05, 0.1) is 12.6 Å². The van der Waals surface area contributed by atoms with Gasteiger partial charge in [0, 0.05) is 16.5 Å². The van der Waals surface area contributed by atoms with Gasteiger partial charge >= 0.3 is 0 Å². The first-order chi connectivity index (χ1) is 10.2. The number of ether oxygens (including phenoxy) is 1. The summed E-state index contributed by atoms with van der Waals surface area (Å²) in [4.78, 5) is 0. The molecule has 0 aliphatic carbocycles. The van der Waals surface area contributed by atoms with E-state index in [4.69, 9.17) is 9.15 Å². The van der Waals surface area contributed by atoms with E-state index in [2.05, 4.69) is 40.3 Å². The Labute approximate surface area is 133 Å². The highest BCUT2D eigenvalue weighted by atomic mass is 79.9. The molecular weight excluding hydrogens is 330 g/mol. The van der Waals surface area contributed by atoms with Gasteiger partial charge in [0.2, 0.25) is 0 Å². The van der Waals surface area contributed by atoms with E-state index >= 15 is 0 Å². The molecule has 1 aromatic carbocycles. The third-order valence-corrected chi connectivity index (χ3v) is 4.19. The second-order valence-electron chi connectivity index (χ2n) is 5.42. The van der Waals surface area contributed by atoms with Gasteiger partial charge < -0.3 is 14.5 Å². The van der Waals surface area contributed by atoms with Crippen LogP contribution in [0.5, 0.6) is 5.75 Å². The summed E-state index contributed by atoms with van der Waals surface area (Å²) in [7, 11) is 0. The fourth-order valence-electron chi connectivity index (χ4n) is 2.77. The fourth-order valence-corrected chi connectivity index (χ4v) is 3.30. The Bertz CT molecular complexity index is 636. The normalized spacial score (nSPS) is 14.8. The van der Waals surface area contributed by atoms with E-state index in [9.17, 15) is 0 Å². The van der Waals surface area contributed by atoms with Crippen molar-refractivity contribution in [2.24, 2.45) is 0 Å². The molecule has 1 atom stereocenters. The molecule has 1 aliphatic heterocycles. The Balaban J connectivity index is 2.04. The molecule has 1 aliphatic rings. The van der Waals surface area contributed by atoms with E-state index in [1.807, 2.05) is 19.1 Å². The van der Waals surface area contributed by atoms with Gasteiger partial charge in [0.1, 0.15) is 17.3 Å². The number of hydrogen-bond donors (Lipinski definition) is 1. The van der Waals surface area contributed by atoms with Crippen molar-refractivity contribution in [3.63, 3.8) is 0 Å². The number of benzene rings is 1. The largest absolute Gasteiger partial charge is 0.493 e. The van der Waals surface area contributed by atoms with E-state index < -0.39 is 0 Å². The number of furan rings is 1. The Morgan fingerprint density at radius 2 is 2.19 bits per heavy atom. The van der Waals surface area contributed by atoms with Crippen molar-refractivity contribution in [2.75, 3.05) is 13.2 Å². The van der Waals surface area contributed by atoms with Crippen molar-refractivity contribution in [3.8, 4) is 5.75 Å². The molecule has 2 heterocycles. The molecule has 0 spiro atoms. The van der Waals surface area contributed by atoms with Gasteiger partial charge in [-0.05, 0) is 49.7 Å². The van der Waals surface area contributed by atoms with Crippen LogP contribution in [-0.2, 0) is 6.42 Å². The molecule has 3 rings (SSSR count). The zero-order chi connectivity index (χ0) is 14.8. The average Bonchev–Trinajstić information content (AvgIpc) is 3.08. The zero-order valence-corrected chi connectivity index (χ0v) is 14.0.